The maximum atomic E-state index is 5.75. The summed E-state index contributed by atoms with van der Waals surface area (Å²) in [5.41, 5.74) is 7.95. The zero-order chi connectivity index (χ0) is 9.26. The number of imidazole rings is 1. The normalized spacial score (nSPS) is 13.4. The summed E-state index contributed by atoms with van der Waals surface area (Å²) in [6.45, 7) is 2.01. The number of nitrogens with two attached hydrogens (primary N) is 1. The van der Waals surface area contributed by atoms with E-state index in [4.69, 9.17) is 5.73 Å². The molecule has 0 bridgehead atoms. The van der Waals surface area contributed by atoms with Crippen molar-refractivity contribution in [2.45, 2.75) is 19.4 Å². The van der Waals surface area contributed by atoms with Crippen molar-refractivity contribution < 1.29 is 0 Å². The van der Waals surface area contributed by atoms with Crippen LogP contribution in [0, 0.1) is 0 Å². The summed E-state index contributed by atoms with van der Waals surface area (Å²) in [7, 11) is 0. The van der Waals surface area contributed by atoms with Gasteiger partial charge in [0.2, 0.25) is 0 Å². The maximum Gasteiger partial charge on any atom is 0.136 e. The largest absolute Gasteiger partial charge is 0.328 e. The van der Waals surface area contributed by atoms with Crippen LogP contribution >= 0.6 is 0 Å². The van der Waals surface area contributed by atoms with E-state index in [1.165, 1.54) is 5.69 Å². The minimum atomic E-state index is 0.188. The lowest BCUT2D eigenvalue weighted by molar-refractivity contribution is 0.714. The molecule has 0 saturated heterocycles. The van der Waals surface area contributed by atoms with Gasteiger partial charge in [0.25, 0.3) is 0 Å². The van der Waals surface area contributed by atoms with Crippen molar-refractivity contribution in [2.75, 3.05) is 0 Å². The van der Waals surface area contributed by atoms with Crippen LogP contribution in [0.2, 0.25) is 0 Å². The average Bonchev–Trinajstić information content (AvgIpc) is 2.51. The highest BCUT2D eigenvalue weighted by atomic mass is 15.0. The van der Waals surface area contributed by atoms with Gasteiger partial charge in [0.1, 0.15) is 5.65 Å². The molecule has 0 amide bonds. The van der Waals surface area contributed by atoms with Gasteiger partial charge < -0.3 is 10.1 Å². The van der Waals surface area contributed by atoms with Crippen molar-refractivity contribution in [1.82, 2.24) is 9.38 Å². The summed E-state index contributed by atoms with van der Waals surface area (Å²) in [4.78, 5) is 4.21. The smallest absolute Gasteiger partial charge is 0.136 e. The predicted molar refractivity (Wildman–Crippen MR) is 52.5 cm³/mol. The Balaban J connectivity index is 2.48. The van der Waals surface area contributed by atoms with E-state index < -0.39 is 0 Å². The summed E-state index contributed by atoms with van der Waals surface area (Å²) in [6, 6.07) is 6.27. The Morgan fingerprint density at radius 3 is 3.15 bits per heavy atom. The lowest BCUT2D eigenvalue weighted by Crippen LogP contribution is -2.19. The monoisotopic (exact) mass is 175 g/mol. The Morgan fingerprint density at radius 1 is 1.54 bits per heavy atom. The number of fused-ring (bicyclic) bond motifs is 1. The third-order valence-electron chi connectivity index (χ3n) is 2.04. The molecule has 0 aliphatic carbocycles. The van der Waals surface area contributed by atoms with Crippen LogP contribution in [0.4, 0.5) is 0 Å². The molecule has 0 saturated carbocycles. The van der Waals surface area contributed by atoms with E-state index in [1.54, 1.807) is 6.20 Å². The van der Waals surface area contributed by atoms with Crippen molar-refractivity contribution in [2.24, 2.45) is 5.73 Å². The number of nitrogens with zero attached hydrogens (tertiary/aromatic N) is 2. The molecule has 2 N–H and O–H groups in total. The summed E-state index contributed by atoms with van der Waals surface area (Å²) in [6.07, 6.45) is 4.65. The Hall–Kier alpha value is -1.35. The molecule has 0 aliphatic rings. The Bertz CT molecular complexity index is 403. The minimum absolute atomic E-state index is 0.188. The molecule has 2 aromatic heterocycles. The van der Waals surface area contributed by atoms with E-state index >= 15 is 0 Å². The molecule has 2 heterocycles. The quantitative estimate of drug-likeness (QED) is 0.745. The number of aromatic nitrogens is 2. The molecule has 1 atom stereocenters. The fraction of sp³-hybridized carbons (Fsp3) is 0.300. The maximum absolute atomic E-state index is 5.75. The number of rotatable bonds is 2. The van der Waals surface area contributed by atoms with Gasteiger partial charge in [0.05, 0.1) is 0 Å². The Morgan fingerprint density at radius 2 is 2.38 bits per heavy atom. The molecule has 1 unspecified atom stereocenters. The van der Waals surface area contributed by atoms with E-state index in [0.29, 0.717) is 0 Å². The van der Waals surface area contributed by atoms with E-state index in [-0.39, 0.29) is 6.04 Å². The number of hydrogen-bond donors (Lipinski definition) is 1. The zero-order valence-electron chi connectivity index (χ0n) is 7.64. The molecule has 0 spiro atoms. The molecule has 3 heteroatoms. The molecule has 0 aromatic carbocycles. The fourth-order valence-electron chi connectivity index (χ4n) is 1.50. The highest BCUT2D eigenvalue weighted by molar-refractivity contribution is 5.39. The van der Waals surface area contributed by atoms with Crippen LogP contribution in [0.5, 0.6) is 0 Å². The second kappa shape index (κ2) is 3.18. The molecule has 0 aliphatic heterocycles. The van der Waals surface area contributed by atoms with E-state index in [0.717, 1.165) is 12.1 Å². The molecule has 2 rings (SSSR count). The SMILES string of the molecule is CC(N)Cc1cccc2nccn12. The predicted octanol–water partition coefficient (Wildman–Crippen LogP) is 1.22. The topological polar surface area (TPSA) is 43.3 Å². The highest BCUT2D eigenvalue weighted by Gasteiger charge is 2.02. The van der Waals surface area contributed by atoms with Gasteiger partial charge in [0.15, 0.2) is 0 Å². The van der Waals surface area contributed by atoms with Gasteiger partial charge in [-0.15, -0.1) is 0 Å². The first kappa shape index (κ1) is 8.26. The van der Waals surface area contributed by atoms with Crippen LogP contribution in [0.15, 0.2) is 30.6 Å². The lowest BCUT2D eigenvalue weighted by atomic mass is 10.2. The van der Waals surface area contributed by atoms with Crippen LogP contribution in [-0.2, 0) is 6.42 Å². The standard InChI is InChI=1S/C10H13N3/c1-8(11)7-9-3-2-4-10-12-5-6-13(9)10/h2-6,8H,7,11H2,1H3. The first-order valence-electron chi connectivity index (χ1n) is 4.44. The van der Waals surface area contributed by atoms with Gasteiger partial charge in [-0.05, 0) is 19.1 Å². The van der Waals surface area contributed by atoms with Crippen molar-refractivity contribution in [3.8, 4) is 0 Å². The van der Waals surface area contributed by atoms with Crippen molar-refractivity contribution in [3.05, 3.63) is 36.3 Å². The van der Waals surface area contributed by atoms with Crippen LogP contribution in [0.1, 0.15) is 12.6 Å². The molecular weight excluding hydrogens is 162 g/mol. The number of pyridine rings is 1. The van der Waals surface area contributed by atoms with Gasteiger partial charge in [-0.1, -0.05) is 6.07 Å². The van der Waals surface area contributed by atoms with E-state index in [2.05, 4.69) is 15.5 Å². The van der Waals surface area contributed by atoms with Crippen LogP contribution < -0.4 is 5.73 Å². The first-order valence-corrected chi connectivity index (χ1v) is 4.44. The Labute approximate surface area is 77.2 Å². The van der Waals surface area contributed by atoms with Crippen LogP contribution in [0.25, 0.3) is 5.65 Å². The summed E-state index contributed by atoms with van der Waals surface area (Å²) in [5, 5.41) is 0. The summed E-state index contributed by atoms with van der Waals surface area (Å²) in [5.74, 6) is 0. The third kappa shape index (κ3) is 1.55. The van der Waals surface area contributed by atoms with Gasteiger partial charge in [0, 0.05) is 30.6 Å². The minimum Gasteiger partial charge on any atom is -0.328 e. The van der Waals surface area contributed by atoms with Gasteiger partial charge in [-0.2, -0.15) is 0 Å². The van der Waals surface area contributed by atoms with Crippen molar-refractivity contribution in [1.29, 1.82) is 0 Å². The average molecular weight is 175 g/mol. The highest BCUT2D eigenvalue weighted by Crippen LogP contribution is 2.07. The van der Waals surface area contributed by atoms with E-state index in [9.17, 15) is 0 Å². The molecule has 3 nitrogen and oxygen atoms in total. The molecule has 0 radical (unpaired) electrons. The van der Waals surface area contributed by atoms with Crippen LogP contribution in [0.3, 0.4) is 0 Å². The van der Waals surface area contributed by atoms with E-state index in [1.807, 2.05) is 25.3 Å². The van der Waals surface area contributed by atoms with Crippen LogP contribution in [-0.4, -0.2) is 15.4 Å². The zero-order valence-corrected chi connectivity index (χ0v) is 7.64. The molecule has 13 heavy (non-hydrogen) atoms. The summed E-state index contributed by atoms with van der Waals surface area (Å²) >= 11 is 0. The first-order chi connectivity index (χ1) is 6.27. The third-order valence-corrected chi connectivity index (χ3v) is 2.04. The number of hydrogen-bond acceptors (Lipinski definition) is 2. The molecule has 2 aromatic rings. The fourth-order valence-corrected chi connectivity index (χ4v) is 1.50. The molecule has 0 fully saturated rings. The molecule has 68 valence electrons. The Kier molecular flexibility index (Phi) is 2.02. The second-order valence-corrected chi connectivity index (χ2v) is 3.35. The van der Waals surface area contributed by atoms with Crippen molar-refractivity contribution >= 4 is 5.65 Å². The van der Waals surface area contributed by atoms with Gasteiger partial charge in [-0.3, -0.25) is 0 Å². The van der Waals surface area contributed by atoms with Gasteiger partial charge >= 0.3 is 0 Å². The lowest BCUT2D eigenvalue weighted by Gasteiger charge is -2.07. The van der Waals surface area contributed by atoms with Crippen molar-refractivity contribution in [3.63, 3.8) is 0 Å². The molecular formula is C10H13N3. The van der Waals surface area contributed by atoms with Gasteiger partial charge in [-0.25, -0.2) is 4.98 Å². The second-order valence-electron chi connectivity index (χ2n) is 3.35. The summed E-state index contributed by atoms with van der Waals surface area (Å²) < 4.78 is 2.07.